The zero-order valence-corrected chi connectivity index (χ0v) is 20.1. The Morgan fingerprint density at radius 1 is 1.15 bits per heavy atom. The minimum Gasteiger partial charge on any atom is -0.493 e. The molecule has 2 rings (SSSR count). The van der Waals surface area contributed by atoms with Gasteiger partial charge in [-0.25, -0.2) is 8.42 Å². The van der Waals surface area contributed by atoms with Crippen molar-refractivity contribution >= 4 is 22.0 Å². The smallest absolute Gasteiger partial charge is 0.244 e. The minimum absolute atomic E-state index is 0.0891. The largest absolute Gasteiger partial charge is 0.493 e. The Kier molecular flexibility index (Phi) is 9.45. The number of carbonyl (C=O) groups is 1. The summed E-state index contributed by atoms with van der Waals surface area (Å²) in [6.07, 6.45) is 3.04. The van der Waals surface area contributed by atoms with Crippen LogP contribution < -0.4 is 14.8 Å². The maximum absolute atomic E-state index is 12.6. The average Bonchev–Trinajstić information content (AvgIpc) is 2.82. The van der Waals surface area contributed by atoms with Gasteiger partial charge in [0.25, 0.3) is 0 Å². The standard InChI is InChI=1S/C24H29N3O5S/c1-5-27(6-2)33(29,30)21-11-9-20(10-12-21)18(3)26-24(28)14-8-19-7-13-22(32-16-15-25)23(17-19)31-4/h7-14,17-18H,5-6,16H2,1-4H3,(H,26,28)/b14-8+. The first-order valence-corrected chi connectivity index (χ1v) is 12.0. The van der Waals surface area contributed by atoms with Crippen LogP contribution in [-0.4, -0.2) is 45.4 Å². The molecule has 176 valence electrons. The molecule has 0 saturated carbocycles. The Balaban J connectivity index is 2.04. The van der Waals surface area contributed by atoms with Crippen LogP contribution in [0, 0.1) is 11.3 Å². The third-order valence-electron chi connectivity index (χ3n) is 4.99. The molecule has 0 bridgehead atoms. The number of nitriles is 1. The van der Waals surface area contributed by atoms with Crippen molar-refractivity contribution in [3.8, 4) is 17.6 Å². The predicted molar refractivity (Wildman–Crippen MR) is 126 cm³/mol. The van der Waals surface area contributed by atoms with E-state index < -0.39 is 10.0 Å². The van der Waals surface area contributed by atoms with E-state index in [9.17, 15) is 13.2 Å². The number of sulfonamides is 1. The molecule has 1 unspecified atom stereocenters. The number of hydrogen-bond acceptors (Lipinski definition) is 6. The van der Waals surface area contributed by atoms with Crippen LogP contribution in [0.3, 0.4) is 0 Å². The quantitative estimate of drug-likeness (QED) is 0.502. The van der Waals surface area contributed by atoms with Gasteiger partial charge in [0.15, 0.2) is 18.1 Å². The van der Waals surface area contributed by atoms with Gasteiger partial charge in [0.1, 0.15) is 6.07 Å². The van der Waals surface area contributed by atoms with Crippen molar-refractivity contribution in [3.05, 3.63) is 59.7 Å². The van der Waals surface area contributed by atoms with Gasteiger partial charge in [0.2, 0.25) is 15.9 Å². The number of rotatable bonds is 11. The van der Waals surface area contributed by atoms with Gasteiger partial charge in [-0.15, -0.1) is 0 Å². The van der Waals surface area contributed by atoms with Gasteiger partial charge in [-0.2, -0.15) is 9.57 Å². The van der Waals surface area contributed by atoms with Crippen LogP contribution in [0.5, 0.6) is 11.5 Å². The van der Waals surface area contributed by atoms with Crippen molar-refractivity contribution in [1.82, 2.24) is 9.62 Å². The zero-order valence-electron chi connectivity index (χ0n) is 19.2. The van der Waals surface area contributed by atoms with E-state index in [-0.39, 0.29) is 23.5 Å². The highest BCUT2D eigenvalue weighted by Crippen LogP contribution is 2.28. The molecule has 33 heavy (non-hydrogen) atoms. The van der Waals surface area contributed by atoms with Crippen molar-refractivity contribution in [2.45, 2.75) is 31.7 Å². The van der Waals surface area contributed by atoms with Crippen molar-refractivity contribution < 1.29 is 22.7 Å². The highest BCUT2D eigenvalue weighted by molar-refractivity contribution is 7.89. The second-order valence-corrected chi connectivity index (χ2v) is 9.02. The van der Waals surface area contributed by atoms with E-state index in [1.54, 1.807) is 62.4 Å². The molecule has 0 radical (unpaired) electrons. The Bertz CT molecular complexity index is 1120. The lowest BCUT2D eigenvalue weighted by atomic mass is 10.1. The number of hydrogen-bond donors (Lipinski definition) is 1. The molecule has 1 amide bonds. The summed E-state index contributed by atoms with van der Waals surface area (Å²) in [6.45, 7) is 6.14. The molecule has 0 saturated heterocycles. The summed E-state index contributed by atoms with van der Waals surface area (Å²) in [7, 11) is -2.03. The summed E-state index contributed by atoms with van der Waals surface area (Å²) in [5.74, 6) is 0.604. The Hall–Kier alpha value is -3.35. The van der Waals surface area contributed by atoms with Crippen molar-refractivity contribution in [1.29, 1.82) is 5.26 Å². The van der Waals surface area contributed by atoms with E-state index in [1.165, 1.54) is 17.5 Å². The number of amides is 1. The van der Waals surface area contributed by atoms with E-state index >= 15 is 0 Å². The second kappa shape index (κ2) is 12.0. The Labute approximate surface area is 195 Å². The van der Waals surface area contributed by atoms with E-state index in [4.69, 9.17) is 14.7 Å². The Morgan fingerprint density at radius 3 is 2.39 bits per heavy atom. The molecule has 0 aromatic heterocycles. The monoisotopic (exact) mass is 471 g/mol. The first-order chi connectivity index (χ1) is 15.8. The number of benzene rings is 2. The summed E-state index contributed by atoms with van der Waals surface area (Å²) in [6, 6.07) is 13.2. The number of methoxy groups -OCH3 is 1. The lowest BCUT2D eigenvalue weighted by Crippen LogP contribution is -2.30. The molecule has 0 aliphatic carbocycles. The van der Waals surface area contributed by atoms with Crippen LogP contribution in [-0.2, 0) is 14.8 Å². The maximum atomic E-state index is 12.6. The summed E-state index contributed by atoms with van der Waals surface area (Å²) < 4.78 is 37.2. The molecular weight excluding hydrogens is 442 g/mol. The van der Waals surface area contributed by atoms with Crippen molar-refractivity contribution in [3.63, 3.8) is 0 Å². The van der Waals surface area contributed by atoms with Crippen LogP contribution in [0.1, 0.15) is 37.9 Å². The molecule has 2 aromatic rings. The summed E-state index contributed by atoms with van der Waals surface area (Å²) in [4.78, 5) is 12.6. The highest BCUT2D eigenvalue weighted by atomic mass is 32.2. The second-order valence-electron chi connectivity index (χ2n) is 7.08. The molecule has 1 N–H and O–H groups in total. The molecule has 1 atom stereocenters. The number of nitrogens with one attached hydrogen (secondary N) is 1. The fourth-order valence-corrected chi connectivity index (χ4v) is 4.63. The van der Waals surface area contributed by atoms with Gasteiger partial charge in [-0.05, 0) is 48.4 Å². The summed E-state index contributed by atoms with van der Waals surface area (Å²) in [5.41, 5.74) is 1.51. The van der Waals surface area contributed by atoms with Crippen molar-refractivity contribution in [2.75, 3.05) is 26.8 Å². The summed E-state index contributed by atoms with van der Waals surface area (Å²) in [5, 5.41) is 11.5. The first kappa shape index (κ1) is 25.9. The maximum Gasteiger partial charge on any atom is 0.244 e. The van der Waals surface area contributed by atoms with Gasteiger partial charge in [-0.3, -0.25) is 4.79 Å². The molecule has 2 aromatic carbocycles. The van der Waals surface area contributed by atoms with Gasteiger partial charge >= 0.3 is 0 Å². The van der Waals surface area contributed by atoms with Crippen LogP contribution in [0.25, 0.3) is 6.08 Å². The number of ether oxygens (including phenoxy) is 2. The molecule has 9 heteroatoms. The van der Waals surface area contributed by atoms with E-state index in [0.717, 1.165) is 11.1 Å². The molecule has 0 aliphatic heterocycles. The van der Waals surface area contributed by atoms with Crippen molar-refractivity contribution in [2.24, 2.45) is 0 Å². The third kappa shape index (κ3) is 6.81. The lowest BCUT2D eigenvalue weighted by Gasteiger charge is -2.19. The first-order valence-electron chi connectivity index (χ1n) is 10.5. The fourth-order valence-electron chi connectivity index (χ4n) is 3.17. The molecular formula is C24H29N3O5S. The van der Waals surface area contributed by atoms with E-state index in [2.05, 4.69) is 5.32 Å². The van der Waals surface area contributed by atoms with Gasteiger partial charge in [0, 0.05) is 19.2 Å². The summed E-state index contributed by atoms with van der Waals surface area (Å²) >= 11 is 0. The Morgan fingerprint density at radius 2 is 1.82 bits per heavy atom. The molecule has 8 nitrogen and oxygen atoms in total. The van der Waals surface area contributed by atoms with E-state index in [0.29, 0.717) is 24.6 Å². The molecule has 0 aliphatic rings. The van der Waals surface area contributed by atoms with E-state index in [1.807, 2.05) is 13.0 Å². The number of carbonyl (C=O) groups excluding carboxylic acids is 1. The van der Waals surface area contributed by atoms with Crippen LogP contribution in [0.2, 0.25) is 0 Å². The van der Waals surface area contributed by atoms with Crippen LogP contribution in [0.4, 0.5) is 0 Å². The van der Waals surface area contributed by atoms with Gasteiger partial charge in [-0.1, -0.05) is 32.0 Å². The molecule has 0 spiro atoms. The molecule has 0 fully saturated rings. The van der Waals surface area contributed by atoms with Gasteiger partial charge < -0.3 is 14.8 Å². The highest BCUT2D eigenvalue weighted by Gasteiger charge is 2.21. The SMILES string of the molecule is CCN(CC)S(=O)(=O)c1ccc(C(C)NC(=O)/C=C/c2ccc(OCC#N)c(OC)c2)cc1. The molecule has 0 heterocycles. The lowest BCUT2D eigenvalue weighted by molar-refractivity contribution is -0.117. The topological polar surface area (TPSA) is 109 Å². The minimum atomic E-state index is -3.52. The average molecular weight is 472 g/mol. The zero-order chi connectivity index (χ0) is 24.4. The predicted octanol–water partition coefficient (Wildman–Crippen LogP) is 3.52. The fraction of sp³-hybridized carbons (Fsp3) is 0.333. The van der Waals surface area contributed by atoms with Crippen LogP contribution >= 0.6 is 0 Å². The van der Waals surface area contributed by atoms with Crippen LogP contribution in [0.15, 0.2) is 53.4 Å². The van der Waals surface area contributed by atoms with Gasteiger partial charge in [0.05, 0.1) is 18.0 Å². The third-order valence-corrected chi connectivity index (χ3v) is 7.05. The number of nitrogens with zero attached hydrogens (tertiary/aromatic N) is 2. The normalized spacial score (nSPS) is 12.4.